The highest BCUT2D eigenvalue weighted by molar-refractivity contribution is 5.63. The van der Waals surface area contributed by atoms with E-state index in [2.05, 4.69) is 5.32 Å². The van der Waals surface area contributed by atoms with Gasteiger partial charge in [0.1, 0.15) is 17.9 Å². The fourth-order valence-electron chi connectivity index (χ4n) is 1.77. The SMILES string of the molecule is O=CC1NCCc2c(F)ccc(F)c21. The Morgan fingerprint density at radius 1 is 1.36 bits per heavy atom. The first-order valence-corrected chi connectivity index (χ1v) is 4.39. The second-order valence-electron chi connectivity index (χ2n) is 3.24. The van der Waals surface area contributed by atoms with Crippen molar-refractivity contribution in [2.24, 2.45) is 0 Å². The zero-order valence-corrected chi connectivity index (χ0v) is 7.39. The molecule has 0 saturated heterocycles. The lowest BCUT2D eigenvalue weighted by Crippen LogP contribution is -2.32. The minimum atomic E-state index is -0.713. The smallest absolute Gasteiger partial charge is 0.141 e. The molecule has 2 rings (SSSR count). The third-order valence-electron chi connectivity index (χ3n) is 2.43. The number of halogens is 2. The van der Waals surface area contributed by atoms with Gasteiger partial charge in [0.25, 0.3) is 0 Å². The van der Waals surface area contributed by atoms with Crippen molar-refractivity contribution in [3.63, 3.8) is 0 Å². The van der Waals surface area contributed by atoms with Crippen molar-refractivity contribution >= 4 is 6.29 Å². The van der Waals surface area contributed by atoms with Crippen LogP contribution in [0.1, 0.15) is 17.2 Å². The maximum absolute atomic E-state index is 13.3. The Bertz CT molecular complexity index is 379. The number of rotatable bonds is 1. The molecule has 1 N–H and O–H groups in total. The number of aldehydes is 1. The lowest BCUT2D eigenvalue weighted by Gasteiger charge is -2.23. The molecule has 74 valence electrons. The summed E-state index contributed by atoms with van der Waals surface area (Å²) in [5, 5.41) is 2.82. The number of fused-ring (bicyclic) bond motifs is 1. The topological polar surface area (TPSA) is 29.1 Å². The van der Waals surface area contributed by atoms with E-state index in [1.165, 1.54) is 0 Å². The summed E-state index contributed by atoms with van der Waals surface area (Å²) in [6, 6.07) is 1.44. The predicted octanol–water partition coefficient (Wildman–Crippen LogP) is 1.35. The lowest BCUT2D eigenvalue weighted by atomic mass is 9.94. The van der Waals surface area contributed by atoms with Crippen LogP contribution in [0.5, 0.6) is 0 Å². The molecule has 1 heterocycles. The number of nitrogens with one attached hydrogen (secondary N) is 1. The van der Waals surface area contributed by atoms with Crippen molar-refractivity contribution < 1.29 is 13.6 Å². The van der Waals surface area contributed by atoms with Gasteiger partial charge in [-0.2, -0.15) is 0 Å². The Morgan fingerprint density at radius 2 is 2.07 bits per heavy atom. The van der Waals surface area contributed by atoms with Gasteiger partial charge in [0.15, 0.2) is 0 Å². The summed E-state index contributed by atoms with van der Waals surface area (Å²) >= 11 is 0. The molecule has 0 spiro atoms. The molecule has 1 unspecified atom stereocenters. The molecule has 1 aliphatic heterocycles. The van der Waals surface area contributed by atoms with E-state index in [-0.39, 0.29) is 5.56 Å². The number of hydrogen-bond donors (Lipinski definition) is 1. The van der Waals surface area contributed by atoms with Crippen LogP contribution in [0.4, 0.5) is 8.78 Å². The van der Waals surface area contributed by atoms with Crippen molar-refractivity contribution in [1.29, 1.82) is 0 Å². The predicted molar refractivity (Wildman–Crippen MR) is 46.9 cm³/mol. The molecule has 1 aromatic rings. The second-order valence-corrected chi connectivity index (χ2v) is 3.24. The van der Waals surface area contributed by atoms with E-state index in [9.17, 15) is 13.6 Å². The Morgan fingerprint density at radius 3 is 2.79 bits per heavy atom. The number of carbonyl (C=O) groups is 1. The quantitative estimate of drug-likeness (QED) is 0.688. The summed E-state index contributed by atoms with van der Waals surface area (Å²) in [6.07, 6.45) is 1.02. The summed E-state index contributed by atoms with van der Waals surface area (Å²) in [7, 11) is 0. The third-order valence-corrected chi connectivity index (χ3v) is 2.43. The van der Waals surface area contributed by atoms with Crippen molar-refractivity contribution in [2.75, 3.05) is 6.54 Å². The molecule has 2 nitrogen and oxygen atoms in total. The van der Waals surface area contributed by atoms with Gasteiger partial charge in [-0.05, 0) is 24.1 Å². The maximum atomic E-state index is 13.3. The van der Waals surface area contributed by atoms with E-state index < -0.39 is 17.7 Å². The van der Waals surface area contributed by atoms with Gasteiger partial charge >= 0.3 is 0 Å². The molecule has 0 amide bonds. The molecule has 1 aromatic carbocycles. The van der Waals surface area contributed by atoms with Crippen molar-refractivity contribution in [3.8, 4) is 0 Å². The van der Waals surface area contributed by atoms with Crippen LogP contribution in [-0.4, -0.2) is 12.8 Å². The van der Waals surface area contributed by atoms with Crippen LogP contribution in [-0.2, 0) is 11.2 Å². The highest BCUT2D eigenvalue weighted by Crippen LogP contribution is 2.26. The van der Waals surface area contributed by atoms with Crippen molar-refractivity contribution in [2.45, 2.75) is 12.5 Å². The molecule has 1 aliphatic rings. The van der Waals surface area contributed by atoms with Crippen LogP contribution in [0.2, 0.25) is 0 Å². The molecule has 0 aliphatic carbocycles. The Labute approximate surface area is 79.9 Å². The molecule has 0 fully saturated rings. The fraction of sp³-hybridized carbons (Fsp3) is 0.300. The monoisotopic (exact) mass is 197 g/mol. The van der Waals surface area contributed by atoms with Crippen LogP contribution in [0, 0.1) is 11.6 Å². The molecule has 0 bridgehead atoms. The van der Waals surface area contributed by atoms with E-state index in [0.717, 1.165) is 12.1 Å². The van der Waals surface area contributed by atoms with E-state index in [0.29, 0.717) is 24.8 Å². The van der Waals surface area contributed by atoms with Gasteiger partial charge in [-0.15, -0.1) is 0 Å². The summed E-state index contributed by atoms with van der Waals surface area (Å²) in [4.78, 5) is 10.6. The van der Waals surface area contributed by atoms with Gasteiger partial charge in [0.2, 0.25) is 0 Å². The fourth-order valence-corrected chi connectivity index (χ4v) is 1.77. The van der Waals surface area contributed by atoms with Crippen LogP contribution in [0.15, 0.2) is 12.1 Å². The van der Waals surface area contributed by atoms with Gasteiger partial charge < -0.3 is 10.1 Å². The summed E-state index contributed by atoms with van der Waals surface area (Å²) in [5.74, 6) is -0.958. The highest BCUT2D eigenvalue weighted by atomic mass is 19.1. The van der Waals surface area contributed by atoms with Crippen LogP contribution < -0.4 is 5.32 Å². The van der Waals surface area contributed by atoms with Gasteiger partial charge in [0.05, 0.1) is 6.04 Å². The molecule has 0 radical (unpaired) electrons. The van der Waals surface area contributed by atoms with E-state index in [4.69, 9.17) is 0 Å². The largest absolute Gasteiger partial charge is 0.304 e. The first-order chi connectivity index (χ1) is 6.74. The minimum Gasteiger partial charge on any atom is -0.304 e. The molecule has 0 saturated carbocycles. The standard InChI is InChI=1S/C10H9F2NO/c11-7-1-2-8(12)10-6(7)3-4-13-9(10)5-14/h1-2,5,9,13H,3-4H2. The van der Waals surface area contributed by atoms with E-state index in [1.807, 2.05) is 0 Å². The average Bonchev–Trinajstić information content (AvgIpc) is 2.23. The van der Waals surface area contributed by atoms with Crippen LogP contribution in [0.25, 0.3) is 0 Å². The van der Waals surface area contributed by atoms with Gasteiger partial charge in [-0.3, -0.25) is 0 Å². The Balaban J connectivity index is 2.60. The second kappa shape index (κ2) is 3.46. The summed E-state index contributed by atoms with van der Waals surface area (Å²) in [6.45, 7) is 0.497. The zero-order chi connectivity index (χ0) is 10.1. The van der Waals surface area contributed by atoms with Crippen molar-refractivity contribution in [1.82, 2.24) is 5.32 Å². The van der Waals surface area contributed by atoms with Gasteiger partial charge in [-0.1, -0.05) is 0 Å². The average molecular weight is 197 g/mol. The Kier molecular flexibility index (Phi) is 2.29. The van der Waals surface area contributed by atoms with E-state index >= 15 is 0 Å². The zero-order valence-electron chi connectivity index (χ0n) is 7.39. The molecular formula is C10H9F2NO. The number of benzene rings is 1. The number of carbonyl (C=O) groups excluding carboxylic acids is 1. The lowest BCUT2D eigenvalue weighted by molar-refractivity contribution is -0.109. The molecule has 14 heavy (non-hydrogen) atoms. The summed E-state index contributed by atoms with van der Waals surface area (Å²) in [5.41, 5.74) is 0.479. The van der Waals surface area contributed by atoms with Gasteiger partial charge in [0, 0.05) is 12.1 Å². The number of hydrogen-bond acceptors (Lipinski definition) is 2. The van der Waals surface area contributed by atoms with E-state index in [1.54, 1.807) is 0 Å². The van der Waals surface area contributed by atoms with Crippen LogP contribution in [0.3, 0.4) is 0 Å². The molecular weight excluding hydrogens is 188 g/mol. The van der Waals surface area contributed by atoms with Crippen LogP contribution >= 0.6 is 0 Å². The molecule has 4 heteroatoms. The maximum Gasteiger partial charge on any atom is 0.141 e. The first kappa shape index (κ1) is 9.27. The van der Waals surface area contributed by atoms with Gasteiger partial charge in [-0.25, -0.2) is 8.78 Å². The third kappa shape index (κ3) is 1.32. The van der Waals surface area contributed by atoms with Crippen molar-refractivity contribution in [3.05, 3.63) is 34.9 Å². The molecule has 0 aromatic heterocycles. The molecule has 1 atom stereocenters. The summed E-state index contributed by atoms with van der Waals surface area (Å²) < 4.78 is 26.6. The first-order valence-electron chi connectivity index (χ1n) is 4.39. The highest BCUT2D eigenvalue weighted by Gasteiger charge is 2.24. The minimum absolute atomic E-state index is 0.159. The normalized spacial score (nSPS) is 20.3. The Hall–Kier alpha value is -1.29.